The van der Waals surface area contributed by atoms with Gasteiger partial charge < -0.3 is 10.4 Å². The van der Waals surface area contributed by atoms with Crippen LogP contribution in [0.2, 0.25) is 0 Å². The molecule has 0 bridgehead atoms. The van der Waals surface area contributed by atoms with E-state index in [1.165, 1.54) is 19.3 Å². The molecule has 0 radical (unpaired) electrons. The van der Waals surface area contributed by atoms with E-state index in [4.69, 9.17) is 0 Å². The van der Waals surface area contributed by atoms with Crippen LogP contribution in [0.5, 0.6) is 0 Å². The first-order valence-corrected chi connectivity index (χ1v) is 6.90. The highest BCUT2D eigenvalue weighted by molar-refractivity contribution is 4.82. The Morgan fingerprint density at radius 2 is 1.94 bits per heavy atom. The Hall–Kier alpha value is -0.0800. The van der Waals surface area contributed by atoms with Gasteiger partial charge >= 0.3 is 0 Å². The van der Waals surface area contributed by atoms with E-state index in [1.54, 1.807) is 0 Å². The third-order valence-corrected chi connectivity index (χ3v) is 3.82. The van der Waals surface area contributed by atoms with E-state index in [0.717, 1.165) is 24.8 Å². The van der Waals surface area contributed by atoms with Gasteiger partial charge in [-0.1, -0.05) is 34.1 Å². The molecule has 4 atom stereocenters. The predicted octanol–water partition coefficient (Wildman–Crippen LogP) is 2.81. The van der Waals surface area contributed by atoms with Crippen LogP contribution in [-0.4, -0.2) is 23.8 Å². The minimum absolute atomic E-state index is 0.176. The SMILES string of the molecule is CC(C)CC(O)CNC1CC(C)CCC1C. The maximum Gasteiger partial charge on any atom is 0.0667 e. The van der Waals surface area contributed by atoms with Crippen molar-refractivity contribution in [2.45, 2.75) is 65.5 Å². The van der Waals surface area contributed by atoms with Crippen LogP contribution in [-0.2, 0) is 0 Å². The summed E-state index contributed by atoms with van der Waals surface area (Å²) in [5.74, 6) is 2.19. The van der Waals surface area contributed by atoms with E-state index in [2.05, 4.69) is 33.0 Å². The van der Waals surface area contributed by atoms with Crippen LogP contribution in [0.3, 0.4) is 0 Å². The summed E-state index contributed by atoms with van der Waals surface area (Å²) in [4.78, 5) is 0. The van der Waals surface area contributed by atoms with Gasteiger partial charge in [-0.05, 0) is 37.0 Å². The molecule has 0 spiro atoms. The summed E-state index contributed by atoms with van der Waals surface area (Å²) in [5, 5.41) is 13.4. The molecule has 2 nitrogen and oxygen atoms in total. The van der Waals surface area contributed by atoms with E-state index in [1.807, 2.05) is 0 Å². The van der Waals surface area contributed by atoms with E-state index < -0.39 is 0 Å². The smallest absolute Gasteiger partial charge is 0.0667 e. The number of nitrogens with one attached hydrogen (secondary N) is 1. The fourth-order valence-electron chi connectivity index (χ4n) is 2.73. The summed E-state index contributed by atoms with van der Waals surface area (Å²) in [6, 6.07) is 0.616. The maximum atomic E-state index is 9.84. The Morgan fingerprint density at radius 1 is 1.25 bits per heavy atom. The van der Waals surface area contributed by atoms with E-state index in [-0.39, 0.29) is 6.10 Å². The summed E-state index contributed by atoms with van der Waals surface area (Å²) in [6.07, 6.45) is 4.70. The van der Waals surface area contributed by atoms with Crippen molar-refractivity contribution in [3.8, 4) is 0 Å². The third-order valence-electron chi connectivity index (χ3n) is 3.82. The van der Waals surface area contributed by atoms with Crippen molar-refractivity contribution in [1.29, 1.82) is 0 Å². The molecule has 96 valence electrons. The Balaban J connectivity index is 2.24. The van der Waals surface area contributed by atoms with Gasteiger partial charge in [-0.25, -0.2) is 0 Å². The monoisotopic (exact) mass is 227 g/mol. The minimum atomic E-state index is -0.176. The Bertz CT molecular complexity index is 193. The van der Waals surface area contributed by atoms with Gasteiger partial charge in [-0.3, -0.25) is 0 Å². The van der Waals surface area contributed by atoms with Crippen LogP contribution >= 0.6 is 0 Å². The van der Waals surface area contributed by atoms with Crippen molar-refractivity contribution in [2.75, 3.05) is 6.54 Å². The molecule has 1 rings (SSSR count). The molecule has 2 heteroatoms. The normalized spacial score (nSPS) is 33.0. The zero-order valence-electron chi connectivity index (χ0n) is 11.4. The third kappa shape index (κ3) is 4.84. The van der Waals surface area contributed by atoms with Gasteiger partial charge in [0.15, 0.2) is 0 Å². The molecule has 0 heterocycles. The molecule has 0 aliphatic heterocycles. The lowest BCUT2D eigenvalue weighted by Crippen LogP contribution is -2.43. The summed E-state index contributed by atoms with van der Waals surface area (Å²) in [6.45, 7) is 9.76. The molecule has 0 aromatic rings. The van der Waals surface area contributed by atoms with Crippen LogP contribution < -0.4 is 5.32 Å². The van der Waals surface area contributed by atoms with Crippen molar-refractivity contribution >= 4 is 0 Å². The van der Waals surface area contributed by atoms with Crippen LogP contribution in [0.1, 0.15) is 53.4 Å². The summed E-state index contributed by atoms with van der Waals surface area (Å²) in [7, 11) is 0. The molecular formula is C14H29NO. The fraction of sp³-hybridized carbons (Fsp3) is 1.00. The van der Waals surface area contributed by atoms with Crippen LogP contribution in [0.4, 0.5) is 0 Å². The average molecular weight is 227 g/mol. The standard InChI is InChI=1S/C14H29NO/c1-10(2)7-13(16)9-15-14-8-11(3)5-6-12(14)4/h10-16H,5-9H2,1-4H3. The largest absolute Gasteiger partial charge is 0.392 e. The van der Waals surface area contributed by atoms with Crippen LogP contribution in [0.25, 0.3) is 0 Å². The molecule has 0 saturated heterocycles. The van der Waals surface area contributed by atoms with Gasteiger partial charge in [0, 0.05) is 12.6 Å². The molecule has 4 unspecified atom stereocenters. The average Bonchev–Trinajstić information content (AvgIpc) is 2.18. The first-order valence-electron chi connectivity index (χ1n) is 6.90. The molecule has 0 aromatic heterocycles. The van der Waals surface area contributed by atoms with Crippen LogP contribution in [0, 0.1) is 17.8 Å². The minimum Gasteiger partial charge on any atom is -0.392 e. The topological polar surface area (TPSA) is 32.3 Å². The molecule has 16 heavy (non-hydrogen) atoms. The quantitative estimate of drug-likeness (QED) is 0.757. The molecule has 2 N–H and O–H groups in total. The molecule has 0 amide bonds. The summed E-state index contributed by atoms with van der Waals surface area (Å²) >= 11 is 0. The lowest BCUT2D eigenvalue weighted by atomic mass is 9.80. The first kappa shape index (κ1) is 14.0. The van der Waals surface area contributed by atoms with Gasteiger partial charge in [-0.15, -0.1) is 0 Å². The highest BCUT2D eigenvalue weighted by Crippen LogP contribution is 2.28. The highest BCUT2D eigenvalue weighted by Gasteiger charge is 2.25. The van der Waals surface area contributed by atoms with E-state index >= 15 is 0 Å². The second-order valence-corrected chi connectivity index (χ2v) is 6.19. The summed E-state index contributed by atoms with van der Waals surface area (Å²) < 4.78 is 0. The van der Waals surface area contributed by atoms with Crippen molar-refractivity contribution < 1.29 is 5.11 Å². The number of aliphatic hydroxyl groups excluding tert-OH is 1. The predicted molar refractivity (Wildman–Crippen MR) is 69.4 cm³/mol. The Morgan fingerprint density at radius 3 is 2.56 bits per heavy atom. The van der Waals surface area contributed by atoms with Gasteiger partial charge in [0.2, 0.25) is 0 Å². The molecule has 1 saturated carbocycles. The van der Waals surface area contributed by atoms with Gasteiger partial charge in [0.1, 0.15) is 0 Å². The number of hydrogen-bond donors (Lipinski definition) is 2. The van der Waals surface area contributed by atoms with Crippen LogP contribution in [0.15, 0.2) is 0 Å². The van der Waals surface area contributed by atoms with Gasteiger partial charge in [0.05, 0.1) is 6.10 Å². The summed E-state index contributed by atoms with van der Waals surface area (Å²) in [5.41, 5.74) is 0. The lowest BCUT2D eigenvalue weighted by Gasteiger charge is -2.34. The number of aliphatic hydroxyl groups is 1. The van der Waals surface area contributed by atoms with E-state index in [0.29, 0.717) is 12.0 Å². The molecule has 0 aromatic carbocycles. The Labute approximate surface area is 101 Å². The molecule has 1 aliphatic carbocycles. The van der Waals surface area contributed by atoms with Crippen molar-refractivity contribution in [3.63, 3.8) is 0 Å². The van der Waals surface area contributed by atoms with Gasteiger partial charge in [-0.2, -0.15) is 0 Å². The zero-order valence-corrected chi connectivity index (χ0v) is 11.4. The maximum absolute atomic E-state index is 9.84. The van der Waals surface area contributed by atoms with Crippen molar-refractivity contribution in [2.24, 2.45) is 17.8 Å². The second kappa shape index (κ2) is 6.61. The highest BCUT2D eigenvalue weighted by atomic mass is 16.3. The Kier molecular flexibility index (Phi) is 5.77. The van der Waals surface area contributed by atoms with Gasteiger partial charge in [0.25, 0.3) is 0 Å². The van der Waals surface area contributed by atoms with Crippen molar-refractivity contribution in [3.05, 3.63) is 0 Å². The second-order valence-electron chi connectivity index (χ2n) is 6.19. The molecule has 1 aliphatic rings. The number of hydrogen-bond acceptors (Lipinski definition) is 2. The molecular weight excluding hydrogens is 198 g/mol. The molecule has 1 fully saturated rings. The first-order chi connectivity index (χ1) is 7.49. The fourth-order valence-corrected chi connectivity index (χ4v) is 2.73. The lowest BCUT2D eigenvalue weighted by molar-refractivity contribution is 0.129. The number of rotatable bonds is 5. The van der Waals surface area contributed by atoms with E-state index in [9.17, 15) is 5.11 Å². The van der Waals surface area contributed by atoms with Crippen molar-refractivity contribution in [1.82, 2.24) is 5.32 Å². The zero-order chi connectivity index (χ0) is 12.1.